The van der Waals surface area contributed by atoms with Gasteiger partial charge in [-0.3, -0.25) is 14.9 Å². The van der Waals surface area contributed by atoms with E-state index in [2.05, 4.69) is 24.5 Å². The maximum atomic E-state index is 12.6. The van der Waals surface area contributed by atoms with Gasteiger partial charge in [-0.05, 0) is 36.6 Å². The number of anilines is 2. The van der Waals surface area contributed by atoms with E-state index in [0.717, 1.165) is 11.6 Å². The highest BCUT2D eigenvalue weighted by Crippen LogP contribution is 2.24. The largest absolute Gasteiger partial charge is 0.449 e. The van der Waals surface area contributed by atoms with Crippen LogP contribution in [0.5, 0.6) is 0 Å². The first-order valence-electron chi connectivity index (χ1n) is 9.48. The summed E-state index contributed by atoms with van der Waals surface area (Å²) in [7, 11) is 0. The number of aliphatic hydroxyl groups is 1. The number of esters is 1. The Hall–Kier alpha value is -3.46. The molecular formula is C21H25N3O6. The van der Waals surface area contributed by atoms with E-state index >= 15 is 0 Å². The second-order valence-corrected chi connectivity index (χ2v) is 6.95. The number of hydrogen-bond acceptors (Lipinski definition) is 7. The lowest BCUT2D eigenvalue weighted by atomic mass is 10.0. The van der Waals surface area contributed by atoms with Crippen LogP contribution in [0.3, 0.4) is 0 Å². The number of carbonyl (C=O) groups is 2. The van der Waals surface area contributed by atoms with Crippen molar-refractivity contribution in [2.75, 3.05) is 23.8 Å². The zero-order chi connectivity index (χ0) is 22.3. The van der Waals surface area contributed by atoms with Crippen molar-refractivity contribution in [1.82, 2.24) is 0 Å². The molecule has 0 aliphatic rings. The van der Waals surface area contributed by atoms with Gasteiger partial charge >= 0.3 is 5.97 Å². The number of carbonyl (C=O) groups excluding carboxylic acids is 2. The molecule has 0 aromatic heterocycles. The fourth-order valence-electron chi connectivity index (χ4n) is 2.63. The fraction of sp³-hybridized carbons (Fsp3) is 0.333. The summed E-state index contributed by atoms with van der Waals surface area (Å²) < 4.78 is 5.21. The summed E-state index contributed by atoms with van der Waals surface area (Å²) in [5.74, 6) is -1.06. The number of ether oxygens (including phenoxy) is 1. The van der Waals surface area contributed by atoms with Gasteiger partial charge in [0.25, 0.3) is 11.6 Å². The van der Waals surface area contributed by atoms with Gasteiger partial charge in [0.1, 0.15) is 0 Å². The van der Waals surface area contributed by atoms with Gasteiger partial charge in [-0.15, -0.1) is 0 Å². The lowest BCUT2D eigenvalue weighted by Crippen LogP contribution is -2.30. The molecule has 3 N–H and O–H groups in total. The molecule has 0 heterocycles. The summed E-state index contributed by atoms with van der Waals surface area (Å²) in [6, 6.07) is 11.0. The van der Waals surface area contributed by atoms with Crippen molar-refractivity contribution in [3.8, 4) is 0 Å². The number of benzene rings is 2. The number of hydrogen-bond donors (Lipinski definition) is 3. The standard InChI is InChI=1S/C21H25N3O6/c1-13(2)15-4-6-16(7-5-15)23-20(26)14(3)30-21(27)18-12-17(24(28)29)8-9-19(18)22-10-11-25/h4-9,12-14,22,25H,10-11H2,1-3H3,(H,23,26). The second kappa shape index (κ2) is 10.4. The van der Waals surface area contributed by atoms with Crippen LogP contribution in [0, 0.1) is 10.1 Å². The van der Waals surface area contributed by atoms with Crippen LogP contribution in [0.15, 0.2) is 42.5 Å². The average molecular weight is 415 g/mol. The van der Waals surface area contributed by atoms with Crippen LogP contribution in [0.2, 0.25) is 0 Å². The highest BCUT2D eigenvalue weighted by molar-refractivity contribution is 6.00. The van der Waals surface area contributed by atoms with Crippen molar-refractivity contribution >= 4 is 28.9 Å². The van der Waals surface area contributed by atoms with Crippen LogP contribution in [-0.4, -0.2) is 41.2 Å². The zero-order valence-electron chi connectivity index (χ0n) is 17.0. The second-order valence-electron chi connectivity index (χ2n) is 6.95. The number of non-ortho nitro benzene ring substituents is 1. The van der Waals surface area contributed by atoms with E-state index in [4.69, 9.17) is 9.84 Å². The van der Waals surface area contributed by atoms with Crippen molar-refractivity contribution in [2.24, 2.45) is 0 Å². The lowest BCUT2D eigenvalue weighted by molar-refractivity contribution is -0.384. The van der Waals surface area contributed by atoms with Crippen LogP contribution < -0.4 is 10.6 Å². The average Bonchev–Trinajstić information content (AvgIpc) is 2.72. The number of nitrogens with zero attached hydrogens (tertiary/aromatic N) is 1. The Morgan fingerprint density at radius 3 is 2.37 bits per heavy atom. The minimum atomic E-state index is -1.13. The number of amides is 1. The Labute approximate surface area is 174 Å². The summed E-state index contributed by atoms with van der Waals surface area (Å²) in [4.78, 5) is 35.3. The summed E-state index contributed by atoms with van der Waals surface area (Å²) in [5.41, 5.74) is 1.56. The minimum Gasteiger partial charge on any atom is -0.449 e. The predicted molar refractivity (Wildman–Crippen MR) is 113 cm³/mol. The van der Waals surface area contributed by atoms with E-state index in [-0.39, 0.29) is 30.1 Å². The Morgan fingerprint density at radius 2 is 1.80 bits per heavy atom. The smallest absolute Gasteiger partial charge is 0.341 e. The molecule has 0 saturated carbocycles. The van der Waals surface area contributed by atoms with Gasteiger partial charge < -0.3 is 20.5 Å². The first-order valence-corrected chi connectivity index (χ1v) is 9.48. The Balaban J connectivity index is 2.10. The molecule has 2 rings (SSSR count). The van der Waals surface area contributed by atoms with Crippen LogP contribution in [0.1, 0.15) is 42.6 Å². The van der Waals surface area contributed by atoms with Gasteiger partial charge in [-0.1, -0.05) is 26.0 Å². The zero-order valence-corrected chi connectivity index (χ0v) is 17.0. The van der Waals surface area contributed by atoms with Gasteiger partial charge in [0.05, 0.1) is 17.1 Å². The maximum absolute atomic E-state index is 12.6. The molecule has 2 aromatic rings. The molecule has 1 atom stereocenters. The van der Waals surface area contributed by atoms with Crippen molar-refractivity contribution in [3.05, 3.63) is 63.7 Å². The summed E-state index contributed by atoms with van der Waals surface area (Å²) in [6.45, 7) is 5.48. The third kappa shape index (κ3) is 6.02. The quantitative estimate of drug-likeness (QED) is 0.325. The SMILES string of the molecule is CC(OC(=O)c1cc([N+](=O)[O-])ccc1NCCO)C(=O)Nc1ccc(C(C)C)cc1. The van der Waals surface area contributed by atoms with Gasteiger partial charge in [-0.2, -0.15) is 0 Å². The van der Waals surface area contributed by atoms with Gasteiger partial charge in [0, 0.05) is 30.1 Å². The Bertz CT molecular complexity index is 911. The topological polar surface area (TPSA) is 131 Å². The van der Waals surface area contributed by atoms with Gasteiger partial charge in [0.15, 0.2) is 6.10 Å². The summed E-state index contributed by atoms with van der Waals surface area (Å²) in [5, 5.41) is 25.5. The highest BCUT2D eigenvalue weighted by Gasteiger charge is 2.23. The normalized spacial score (nSPS) is 11.6. The number of rotatable bonds is 9. The molecule has 2 aromatic carbocycles. The molecule has 0 aliphatic heterocycles. The van der Waals surface area contributed by atoms with E-state index in [1.165, 1.54) is 19.1 Å². The van der Waals surface area contributed by atoms with Crippen LogP contribution in [0.4, 0.5) is 17.1 Å². The van der Waals surface area contributed by atoms with E-state index in [1.807, 2.05) is 12.1 Å². The molecule has 0 bridgehead atoms. The molecule has 0 spiro atoms. The van der Waals surface area contributed by atoms with E-state index in [1.54, 1.807) is 12.1 Å². The molecule has 9 heteroatoms. The van der Waals surface area contributed by atoms with Gasteiger partial charge in [-0.25, -0.2) is 4.79 Å². The minimum absolute atomic E-state index is 0.0985. The number of nitro benzene ring substituents is 1. The number of nitrogens with one attached hydrogen (secondary N) is 2. The molecule has 9 nitrogen and oxygen atoms in total. The molecule has 1 amide bonds. The van der Waals surface area contributed by atoms with Crippen LogP contribution in [0.25, 0.3) is 0 Å². The molecule has 1 unspecified atom stereocenters. The lowest BCUT2D eigenvalue weighted by Gasteiger charge is -2.16. The van der Waals surface area contributed by atoms with E-state index in [9.17, 15) is 19.7 Å². The number of aliphatic hydroxyl groups excluding tert-OH is 1. The summed E-state index contributed by atoms with van der Waals surface area (Å²) in [6.07, 6.45) is -1.13. The van der Waals surface area contributed by atoms with E-state index in [0.29, 0.717) is 11.6 Å². The summed E-state index contributed by atoms with van der Waals surface area (Å²) >= 11 is 0. The van der Waals surface area contributed by atoms with E-state index < -0.39 is 22.9 Å². The first kappa shape index (κ1) is 22.8. The maximum Gasteiger partial charge on any atom is 0.341 e. The molecule has 0 radical (unpaired) electrons. The molecule has 0 aliphatic carbocycles. The monoisotopic (exact) mass is 415 g/mol. The number of nitro groups is 1. The van der Waals surface area contributed by atoms with Crippen molar-refractivity contribution in [1.29, 1.82) is 0 Å². The first-order chi connectivity index (χ1) is 14.2. The Kier molecular flexibility index (Phi) is 7.88. The molecule has 0 saturated heterocycles. The third-order valence-electron chi connectivity index (χ3n) is 4.36. The fourth-order valence-corrected chi connectivity index (χ4v) is 2.63. The molecule has 160 valence electrons. The predicted octanol–water partition coefficient (Wildman–Crippen LogP) is 3.31. The van der Waals surface area contributed by atoms with Crippen LogP contribution in [-0.2, 0) is 9.53 Å². The molecule has 0 fully saturated rings. The molecule has 30 heavy (non-hydrogen) atoms. The Morgan fingerprint density at radius 1 is 1.13 bits per heavy atom. The van der Waals surface area contributed by atoms with Gasteiger partial charge in [0.2, 0.25) is 0 Å². The van der Waals surface area contributed by atoms with Crippen LogP contribution >= 0.6 is 0 Å². The van der Waals surface area contributed by atoms with Crippen molar-refractivity contribution < 1.29 is 24.4 Å². The third-order valence-corrected chi connectivity index (χ3v) is 4.36. The van der Waals surface area contributed by atoms with Crippen molar-refractivity contribution in [2.45, 2.75) is 32.8 Å². The van der Waals surface area contributed by atoms with Crippen molar-refractivity contribution in [3.63, 3.8) is 0 Å². The molecular weight excluding hydrogens is 390 g/mol. The highest BCUT2D eigenvalue weighted by atomic mass is 16.6.